The number of benzene rings is 1. The van der Waals surface area contributed by atoms with Gasteiger partial charge in [-0.15, -0.1) is 0 Å². The lowest BCUT2D eigenvalue weighted by atomic mass is 10.1. The van der Waals surface area contributed by atoms with Crippen LogP contribution in [0.2, 0.25) is 0 Å². The maximum Gasteiger partial charge on any atom is 0.329 e. The molecule has 0 radical (unpaired) electrons. The minimum atomic E-state index is -0.428. The highest BCUT2D eigenvalue weighted by Crippen LogP contribution is 2.20. The zero-order valence-electron chi connectivity index (χ0n) is 11.8. The number of hydrogen-bond donors (Lipinski definition) is 1. The van der Waals surface area contributed by atoms with Gasteiger partial charge in [0.2, 0.25) is 0 Å². The van der Waals surface area contributed by atoms with Crippen molar-refractivity contribution in [1.82, 2.24) is 10.2 Å². The van der Waals surface area contributed by atoms with Crippen molar-refractivity contribution in [1.29, 1.82) is 0 Å². The van der Waals surface area contributed by atoms with E-state index in [1.54, 1.807) is 12.1 Å². The van der Waals surface area contributed by atoms with Gasteiger partial charge in [-0.05, 0) is 40.5 Å². The molecule has 1 aliphatic heterocycles. The summed E-state index contributed by atoms with van der Waals surface area (Å²) in [5.74, 6) is 0.130. The average Bonchev–Trinajstić information content (AvgIpc) is 3.00. The molecule has 0 aliphatic carbocycles. The van der Waals surface area contributed by atoms with E-state index in [4.69, 9.17) is 4.42 Å². The molecule has 1 aliphatic rings. The molecule has 0 bridgehead atoms. The van der Waals surface area contributed by atoms with Gasteiger partial charge in [0, 0.05) is 6.08 Å². The molecule has 1 aromatic heterocycles. The van der Waals surface area contributed by atoms with Crippen LogP contribution in [0.4, 0.5) is 4.79 Å². The van der Waals surface area contributed by atoms with Crippen LogP contribution in [0.5, 0.6) is 0 Å². The zero-order chi connectivity index (χ0) is 15.7. The van der Waals surface area contributed by atoms with E-state index in [0.717, 1.165) is 11.1 Å². The molecule has 3 rings (SSSR count). The first-order valence-electron chi connectivity index (χ1n) is 6.68. The summed E-state index contributed by atoms with van der Waals surface area (Å²) in [6.07, 6.45) is 1.51. The largest absolute Gasteiger partial charge is 0.450 e. The number of carbonyl (C=O) groups is 2. The number of furan rings is 1. The first-order valence-corrected chi connectivity index (χ1v) is 7.47. The molecule has 2 aromatic rings. The lowest BCUT2D eigenvalue weighted by Gasteiger charge is -2.11. The predicted molar refractivity (Wildman–Crippen MR) is 84.6 cm³/mol. The van der Waals surface area contributed by atoms with Crippen molar-refractivity contribution in [3.05, 3.63) is 63.7 Å². The molecule has 0 atom stereocenters. The summed E-state index contributed by atoms with van der Waals surface area (Å²) in [4.78, 5) is 25.5. The summed E-state index contributed by atoms with van der Waals surface area (Å²) in [5, 5.41) is 2.57. The van der Waals surface area contributed by atoms with Gasteiger partial charge in [0.05, 0.1) is 6.54 Å². The van der Waals surface area contributed by atoms with Gasteiger partial charge < -0.3 is 9.73 Å². The SMILES string of the molecule is Cc1ccc(CN2C(=O)N/C(=C/c3ccc(Br)o3)C2=O)cc1. The highest BCUT2D eigenvalue weighted by Gasteiger charge is 2.33. The van der Waals surface area contributed by atoms with Crippen molar-refractivity contribution in [3.8, 4) is 0 Å². The number of amides is 3. The van der Waals surface area contributed by atoms with E-state index in [-0.39, 0.29) is 18.1 Å². The fourth-order valence-corrected chi connectivity index (χ4v) is 2.46. The van der Waals surface area contributed by atoms with Crippen LogP contribution in [0.25, 0.3) is 6.08 Å². The van der Waals surface area contributed by atoms with Crippen molar-refractivity contribution in [2.45, 2.75) is 13.5 Å². The van der Waals surface area contributed by atoms with E-state index >= 15 is 0 Å². The summed E-state index contributed by atoms with van der Waals surface area (Å²) in [7, 11) is 0. The van der Waals surface area contributed by atoms with Gasteiger partial charge in [-0.3, -0.25) is 9.69 Å². The second-order valence-electron chi connectivity index (χ2n) is 5.01. The molecule has 5 nitrogen and oxygen atoms in total. The third-order valence-corrected chi connectivity index (χ3v) is 3.73. The quantitative estimate of drug-likeness (QED) is 0.673. The number of urea groups is 1. The summed E-state index contributed by atoms with van der Waals surface area (Å²) < 4.78 is 5.88. The Labute approximate surface area is 135 Å². The van der Waals surface area contributed by atoms with Crippen LogP contribution < -0.4 is 5.32 Å². The monoisotopic (exact) mass is 360 g/mol. The first kappa shape index (κ1) is 14.6. The van der Waals surface area contributed by atoms with E-state index in [2.05, 4.69) is 21.2 Å². The van der Waals surface area contributed by atoms with Gasteiger partial charge in [0.15, 0.2) is 4.67 Å². The number of nitrogens with zero attached hydrogens (tertiary/aromatic N) is 1. The minimum Gasteiger partial charge on any atom is -0.450 e. The standard InChI is InChI=1S/C16H13BrN2O3/c1-10-2-4-11(5-3-10)9-19-15(20)13(18-16(19)21)8-12-6-7-14(17)22-12/h2-8H,9H2,1H3,(H,18,21)/b13-8+. The Morgan fingerprint density at radius 3 is 2.55 bits per heavy atom. The molecule has 6 heteroatoms. The molecule has 112 valence electrons. The van der Waals surface area contributed by atoms with Crippen LogP contribution in [0, 0.1) is 6.92 Å². The molecule has 1 fully saturated rings. The lowest BCUT2D eigenvalue weighted by molar-refractivity contribution is -0.123. The summed E-state index contributed by atoms with van der Waals surface area (Å²) in [5.41, 5.74) is 2.24. The van der Waals surface area contributed by atoms with Crippen molar-refractivity contribution >= 4 is 33.9 Å². The molecular weight excluding hydrogens is 348 g/mol. The highest BCUT2D eigenvalue weighted by molar-refractivity contribution is 9.10. The Bertz CT molecular complexity index is 762. The first-order chi connectivity index (χ1) is 10.5. The maximum absolute atomic E-state index is 12.3. The topological polar surface area (TPSA) is 62.6 Å². The van der Waals surface area contributed by atoms with E-state index in [1.165, 1.54) is 11.0 Å². The number of hydrogen-bond acceptors (Lipinski definition) is 3. The number of rotatable bonds is 3. The summed E-state index contributed by atoms with van der Waals surface area (Å²) in [6.45, 7) is 2.23. The van der Waals surface area contributed by atoms with Gasteiger partial charge >= 0.3 is 6.03 Å². The van der Waals surface area contributed by atoms with Crippen molar-refractivity contribution in [3.63, 3.8) is 0 Å². The number of halogens is 1. The molecule has 3 amide bonds. The molecule has 22 heavy (non-hydrogen) atoms. The molecule has 0 unspecified atom stereocenters. The Morgan fingerprint density at radius 2 is 1.91 bits per heavy atom. The van der Waals surface area contributed by atoms with Gasteiger partial charge in [-0.1, -0.05) is 29.8 Å². The lowest BCUT2D eigenvalue weighted by Crippen LogP contribution is -2.30. The number of imide groups is 1. The van der Waals surface area contributed by atoms with Crippen molar-refractivity contribution in [2.75, 3.05) is 0 Å². The van der Waals surface area contributed by atoms with Crippen LogP contribution >= 0.6 is 15.9 Å². The van der Waals surface area contributed by atoms with Gasteiger partial charge in [-0.25, -0.2) is 4.79 Å². The maximum atomic E-state index is 12.3. The minimum absolute atomic E-state index is 0.207. The van der Waals surface area contributed by atoms with E-state index in [0.29, 0.717) is 10.4 Å². The van der Waals surface area contributed by atoms with Crippen LogP contribution in [0.15, 0.2) is 51.2 Å². The predicted octanol–water partition coefficient (Wildman–Crippen LogP) is 3.44. The Balaban J connectivity index is 1.79. The molecule has 2 heterocycles. The van der Waals surface area contributed by atoms with Gasteiger partial charge in [0.1, 0.15) is 11.5 Å². The Kier molecular flexibility index (Phi) is 3.85. The Morgan fingerprint density at radius 1 is 1.18 bits per heavy atom. The van der Waals surface area contributed by atoms with E-state index in [9.17, 15) is 9.59 Å². The van der Waals surface area contributed by atoms with Gasteiger partial charge in [0.25, 0.3) is 5.91 Å². The van der Waals surface area contributed by atoms with E-state index < -0.39 is 6.03 Å². The fourth-order valence-electron chi connectivity index (χ4n) is 2.14. The average molecular weight is 361 g/mol. The van der Waals surface area contributed by atoms with Gasteiger partial charge in [-0.2, -0.15) is 0 Å². The normalized spacial score (nSPS) is 16.5. The highest BCUT2D eigenvalue weighted by atomic mass is 79.9. The van der Waals surface area contributed by atoms with Crippen molar-refractivity contribution in [2.24, 2.45) is 0 Å². The van der Waals surface area contributed by atoms with E-state index in [1.807, 2.05) is 31.2 Å². The van der Waals surface area contributed by atoms with Crippen molar-refractivity contribution < 1.29 is 14.0 Å². The molecular formula is C16H13BrN2O3. The molecule has 0 saturated carbocycles. The third-order valence-electron chi connectivity index (χ3n) is 3.30. The van der Waals surface area contributed by atoms with Crippen LogP contribution in [-0.4, -0.2) is 16.8 Å². The molecule has 1 aromatic carbocycles. The van der Waals surface area contributed by atoms with Crippen LogP contribution in [-0.2, 0) is 11.3 Å². The molecule has 1 saturated heterocycles. The molecule has 1 N–H and O–H groups in total. The number of aryl methyl sites for hydroxylation is 1. The summed E-state index contributed by atoms with van der Waals surface area (Å²) in [6, 6.07) is 10.7. The summed E-state index contributed by atoms with van der Waals surface area (Å²) >= 11 is 3.19. The second kappa shape index (κ2) is 5.81. The molecule has 0 spiro atoms. The number of nitrogens with one attached hydrogen (secondary N) is 1. The number of carbonyl (C=O) groups excluding carboxylic acids is 2. The second-order valence-corrected chi connectivity index (χ2v) is 5.79. The smallest absolute Gasteiger partial charge is 0.329 e. The van der Waals surface area contributed by atoms with Crippen LogP contribution in [0.1, 0.15) is 16.9 Å². The zero-order valence-corrected chi connectivity index (χ0v) is 13.4. The third kappa shape index (κ3) is 2.96. The fraction of sp³-hybridized carbons (Fsp3) is 0.125. The Hall–Kier alpha value is -2.34. The van der Waals surface area contributed by atoms with Crippen LogP contribution in [0.3, 0.4) is 0 Å².